The zero-order valence-corrected chi connectivity index (χ0v) is 10.4. The molecule has 0 aromatic heterocycles. The minimum atomic E-state index is -0.688. The monoisotopic (exact) mass is 236 g/mol. The number of rotatable bonds is 3. The van der Waals surface area contributed by atoms with Gasteiger partial charge in [-0.1, -0.05) is 19.1 Å². The predicted molar refractivity (Wildman–Crippen MR) is 66.1 cm³/mol. The van der Waals surface area contributed by atoms with Gasteiger partial charge in [0.15, 0.2) is 0 Å². The first kappa shape index (κ1) is 11.5. The molecule has 1 heterocycles. The minimum absolute atomic E-state index is 0.254. The van der Waals surface area contributed by atoms with Crippen LogP contribution in [-0.2, 0) is 4.79 Å². The molecule has 0 saturated heterocycles. The molecule has 0 saturated carbocycles. The first-order valence-corrected chi connectivity index (χ1v) is 6.53. The third kappa shape index (κ3) is 2.09. The first-order chi connectivity index (χ1) is 7.59. The van der Waals surface area contributed by atoms with E-state index in [1.807, 2.05) is 11.8 Å². The number of hydrogen-bond acceptors (Lipinski definition) is 2. The van der Waals surface area contributed by atoms with Gasteiger partial charge in [0.1, 0.15) is 0 Å². The molecule has 0 spiro atoms. The third-order valence-corrected chi connectivity index (χ3v) is 4.43. The molecule has 0 amide bonds. The smallest absolute Gasteiger partial charge is 0.306 e. The predicted octanol–water partition coefficient (Wildman–Crippen LogP) is 3.30. The van der Waals surface area contributed by atoms with Gasteiger partial charge in [-0.15, -0.1) is 11.8 Å². The van der Waals surface area contributed by atoms with Crippen molar-refractivity contribution in [3.63, 3.8) is 0 Å². The Labute approximate surface area is 100 Å². The molecule has 0 aliphatic carbocycles. The number of carboxylic acids is 1. The average molecular weight is 236 g/mol. The fourth-order valence-electron chi connectivity index (χ4n) is 2.29. The zero-order chi connectivity index (χ0) is 11.7. The Hall–Kier alpha value is -0.960. The van der Waals surface area contributed by atoms with Crippen LogP contribution in [0.25, 0.3) is 0 Å². The van der Waals surface area contributed by atoms with Crippen LogP contribution >= 0.6 is 11.8 Å². The number of carboxylic acid groups (broad SMARTS) is 1. The molecule has 2 rings (SSSR count). The highest BCUT2D eigenvalue weighted by molar-refractivity contribution is 7.99. The molecular weight excluding hydrogens is 220 g/mol. The summed E-state index contributed by atoms with van der Waals surface area (Å²) in [5.41, 5.74) is 2.67. The molecule has 0 radical (unpaired) electrons. The van der Waals surface area contributed by atoms with E-state index in [4.69, 9.17) is 5.11 Å². The summed E-state index contributed by atoms with van der Waals surface area (Å²) in [6.45, 7) is 3.91. The van der Waals surface area contributed by atoms with Crippen molar-refractivity contribution in [3.05, 3.63) is 29.3 Å². The van der Waals surface area contributed by atoms with Crippen LogP contribution in [0.1, 0.15) is 30.4 Å². The van der Waals surface area contributed by atoms with Crippen LogP contribution in [-0.4, -0.2) is 16.8 Å². The van der Waals surface area contributed by atoms with Gasteiger partial charge in [0.2, 0.25) is 0 Å². The minimum Gasteiger partial charge on any atom is -0.481 e. The van der Waals surface area contributed by atoms with Crippen LogP contribution in [0.15, 0.2) is 23.1 Å². The molecule has 0 fully saturated rings. The Bertz CT molecular complexity index is 414. The maximum Gasteiger partial charge on any atom is 0.306 e. The van der Waals surface area contributed by atoms with Crippen molar-refractivity contribution in [2.24, 2.45) is 5.92 Å². The molecule has 1 aliphatic rings. The lowest BCUT2D eigenvalue weighted by molar-refractivity contribution is -0.141. The van der Waals surface area contributed by atoms with Crippen molar-refractivity contribution >= 4 is 17.7 Å². The Morgan fingerprint density at radius 2 is 2.38 bits per heavy atom. The second kappa shape index (κ2) is 4.50. The number of aliphatic carboxylic acids is 1. The van der Waals surface area contributed by atoms with Gasteiger partial charge in [-0.05, 0) is 36.5 Å². The van der Waals surface area contributed by atoms with Crippen molar-refractivity contribution in [3.8, 4) is 0 Å². The average Bonchev–Trinajstić information content (AvgIpc) is 2.63. The molecule has 16 heavy (non-hydrogen) atoms. The molecule has 1 aliphatic heterocycles. The molecule has 0 bridgehead atoms. The van der Waals surface area contributed by atoms with Crippen LogP contribution < -0.4 is 0 Å². The zero-order valence-electron chi connectivity index (χ0n) is 9.56. The highest BCUT2D eigenvalue weighted by Crippen LogP contribution is 2.43. The highest BCUT2D eigenvalue weighted by atomic mass is 32.2. The molecule has 1 N–H and O–H groups in total. The molecule has 3 heteroatoms. The summed E-state index contributed by atoms with van der Waals surface area (Å²) in [5, 5.41) is 8.95. The van der Waals surface area contributed by atoms with Gasteiger partial charge in [-0.25, -0.2) is 0 Å². The summed E-state index contributed by atoms with van der Waals surface area (Å²) in [4.78, 5) is 12.2. The van der Waals surface area contributed by atoms with Crippen LogP contribution in [0.2, 0.25) is 0 Å². The highest BCUT2D eigenvalue weighted by Gasteiger charge is 2.27. The molecule has 86 valence electrons. The van der Waals surface area contributed by atoms with Crippen LogP contribution in [0.4, 0.5) is 0 Å². The topological polar surface area (TPSA) is 37.3 Å². The summed E-state index contributed by atoms with van der Waals surface area (Å²) < 4.78 is 0. The quantitative estimate of drug-likeness (QED) is 0.875. The third-order valence-electron chi connectivity index (χ3n) is 3.19. The second-order valence-electron chi connectivity index (χ2n) is 4.47. The Kier molecular flexibility index (Phi) is 3.24. The van der Waals surface area contributed by atoms with Crippen LogP contribution in [0.5, 0.6) is 0 Å². The lowest BCUT2D eigenvalue weighted by Crippen LogP contribution is -2.14. The van der Waals surface area contributed by atoms with Gasteiger partial charge >= 0.3 is 5.97 Å². The van der Waals surface area contributed by atoms with Gasteiger partial charge in [-0.2, -0.15) is 0 Å². The Morgan fingerprint density at radius 1 is 1.62 bits per heavy atom. The Balaban J connectivity index is 2.20. The van der Waals surface area contributed by atoms with Crippen LogP contribution in [0, 0.1) is 12.8 Å². The SMILES string of the molecule is Cc1cccc2c1C(CC(C)C(=O)O)CS2. The maximum atomic E-state index is 10.9. The normalized spacial score (nSPS) is 20.5. The molecule has 2 nitrogen and oxygen atoms in total. The van der Waals surface area contributed by atoms with Gasteiger partial charge in [0.05, 0.1) is 5.92 Å². The summed E-state index contributed by atoms with van der Waals surface area (Å²) in [7, 11) is 0. The second-order valence-corrected chi connectivity index (χ2v) is 5.53. The molecule has 2 unspecified atom stereocenters. The van der Waals surface area contributed by atoms with E-state index in [2.05, 4.69) is 25.1 Å². The van der Waals surface area contributed by atoms with Crippen molar-refractivity contribution in [1.82, 2.24) is 0 Å². The number of carbonyl (C=O) groups is 1. The van der Waals surface area contributed by atoms with E-state index < -0.39 is 5.97 Å². The maximum absolute atomic E-state index is 10.9. The van der Waals surface area contributed by atoms with Crippen LogP contribution in [0.3, 0.4) is 0 Å². The van der Waals surface area contributed by atoms with E-state index in [1.54, 1.807) is 6.92 Å². The molecule has 1 aromatic rings. The summed E-state index contributed by atoms with van der Waals surface area (Å²) in [5.74, 6) is 0.494. The standard InChI is InChI=1S/C13H16O2S/c1-8-4-3-5-11-12(8)10(7-16-11)6-9(2)13(14)15/h3-5,9-10H,6-7H2,1-2H3,(H,14,15). The van der Waals surface area contributed by atoms with Crippen molar-refractivity contribution in [2.45, 2.75) is 31.1 Å². The summed E-state index contributed by atoms with van der Waals surface area (Å²) >= 11 is 1.85. The van der Waals surface area contributed by atoms with Gasteiger partial charge in [0.25, 0.3) is 0 Å². The van der Waals surface area contributed by atoms with E-state index in [-0.39, 0.29) is 5.92 Å². The number of benzene rings is 1. The van der Waals surface area contributed by atoms with Crippen molar-refractivity contribution < 1.29 is 9.90 Å². The number of thioether (sulfide) groups is 1. The van der Waals surface area contributed by atoms with E-state index in [1.165, 1.54) is 16.0 Å². The number of hydrogen-bond donors (Lipinski definition) is 1. The van der Waals surface area contributed by atoms with Gasteiger partial charge < -0.3 is 5.11 Å². The molecule has 1 aromatic carbocycles. The van der Waals surface area contributed by atoms with Crippen molar-refractivity contribution in [1.29, 1.82) is 0 Å². The molecule has 2 atom stereocenters. The van der Waals surface area contributed by atoms with E-state index in [0.717, 1.165) is 12.2 Å². The number of aryl methyl sites for hydroxylation is 1. The van der Waals surface area contributed by atoms with E-state index in [9.17, 15) is 4.79 Å². The lowest BCUT2D eigenvalue weighted by Gasteiger charge is -2.15. The summed E-state index contributed by atoms with van der Waals surface area (Å²) in [6.07, 6.45) is 0.750. The fourth-order valence-corrected chi connectivity index (χ4v) is 3.63. The van der Waals surface area contributed by atoms with Gasteiger partial charge in [-0.3, -0.25) is 4.79 Å². The number of fused-ring (bicyclic) bond motifs is 1. The van der Waals surface area contributed by atoms with Crippen molar-refractivity contribution in [2.75, 3.05) is 5.75 Å². The largest absolute Gasteiger partial charge is 0.481 e. The van der Waals surface area contributed by atoms with E-state index >= 15 is 0 Å². The van der Waals surface area contributed by atoms with E-state index in [0.29, 0.717) is 5.92 Å². The molecular formula is C13H16O2S. The summed E-state index contributed by atoms with van der Waals surface area (Å²) in [6, 6.07) is 6.33. The fraction of sp³-hybridized carbons (Fsp3) is 0.462. The first-order valence-electron chi connectivity index (χ1n) is 5.54. The van der Waals surface area contributed by atoms with Gasteiger partial charge in [0, 0.05) is 10.6 Å². The lowest BCUT2D eigenvalue weighted by atomic mass is 9.89. The Morgan fingerprint density at radius 3 is 3.06 bits per heavy atom.